The Balaban J connectivity index is 1.75. The molecule has 2 aromatic rings. The third kappa shape index (κ3) is 6.84. The van der Waals surface area contributed by atoms with Gasteiger partial charge in [-0.25, -0.2) is 0 Å². The van der Waals surface area contributed by atoms with Crippen molar-refractivity contribution in [2.75, 3.05) is 18.5 Å². The van der Waals surface area contributed by atoms with Crippen LogP contribution in [0.3, 0.4) is 0 Å². The first-order valence-corrected chi connectivity index (χ1v) is 8.24. The summed E-state index contributed by atoms with van der Waals surface area (Å²) in [4.78, 5) is 11.9. The van der Waals surface area contributed by atoms with Gasteiger partial charge in [0.05, 0.1) is 13.2 Å². The van der Waals surface area contributed by atoms with Gasteiger partial charge in [-0.2, -0.15) is 0 Å². The topological polar surface area (TPSA) is 50.4 Å². The molecular formula is C20H26N2O2. The van der Waals surface area contributed by atoms with E-state index in [1.807, 2.05) is 63.2 Å². The molecule has 0 spiro atoms. The smallest absolute Gasteiger partial charge is 0.238 e. The number of carbonyl (C=O) groups is 1. The fourth-order valence-corrected chi connectivity index (χ4v) is 2.12. The molecular weight excluding hydrogens is 300 g/mol. The molecule has 0 aromatic heterocycles. The largest absolute Gasteiger partial charge is 0.493 e. The maximum absolute atomic E-state index is 11.9. The van der Waals surface area contributed by atoms with E-state index in [-0.39, 0.29) is 11.4 Å². The standard InChI is InChI=1S/C20H26N2O2/c1-20(2,3)21-15-19(23)22-17-9-11-18(12-10-17)24-14-13-16-7-5-4-6-8-16/h4-12,21H,13-15H2,1-3H3,(H,22,23). The van der Waals surface area contributed by atoms with Crippen molar-refractivity contribution in [1.29, 1.82) is 0 Å². The molecule has 4 heteroatoms. The fourth-order valence-electron chi connectivity index (χ4n) is 2.12. The summed E-state index contributed by atoms with van der Waals surface area (Å²) in [7, 11) is 0. The van der Waals surface area contributed by atoms with Crippen molar-refractivity contribution in [3.63, 3.8) is 0 Å². The van der Waals surface area contributed by atoms with Gasteiger partial charge in [0.1, 0.15) is 5.75 Å². The number of rotatable bonds is 7. The van der Waals surface area contributed by atoms with Crippen molar-refractivity contribution in [1.82, 2.24) is 5.32 Å². The third-order valence-electron chi connectivity index (χ3n) is 3.42. The monoisotopic (exact) mass is 326 g/mol. The third-order valence-corrected chi connectivity index (χ3v) is 3.42. The maximum Gasteiger partial charge on any atom is 0.238 e. The lowest BCUT2D eigenvalue weighted by atomic mass is 10.1. The van der Waals surface area contributed by atoms with Gasteiger partial charge in [-0.1, -0.05) is 30.3 Å². The Morgan fingerprint density at radius 2 is 1.67 bits per heavy atom. The van der Waals surface area contributed by atoms with Gasteiger partial charge in [-0.05, 0) is 50.6 Å². The van der Waals surface area contributed by atoms with E-state index in [4.69, 9.17) is 4.74 Å². The zero-order valence-corrected chi connectivity index (χ0v) is 14.6. The highest BCUT2D eigenvalue weighted by Gasteiger charge is 2.11. The number of nitrogens with one attached hydrogen (secondary N) is 2. The summed E-state index contributed by atoms with van der Waals surface area (Å²) in [6, 6.07) is 17.7. The number of carbonyl (C=O) groups excluding carboxylic acids is 1. The van der Waals surface area contributed by atoms with Crippen LogP contribution in [0.1, 0.15) is 26.3 Å². The Kier molecular flexibility index (Phi) is 6.38. The van der Waals surface area contributed by atoms with E-state index in [1.165, 1.54) is 5.56 Å². The lowest BCUT2D eigenvalue weighted by Crippen LogP contribution is -2.41. The molecule has 0 saturated carbocycles. The SMILES string of the molecule is CC(C)(C)NCC(=O)Nc1ccc(OCCc2ccccc2)cc1. The molecule has 0 aliphatic heterocycles. The molecule has 2 rings (SSSR count). The molecule has 4 nitrogen and oxygen atoms in total. The molecule has 0 aliphatic carbocycles. The minimum absolute atomic E-state index is 0.0531. The number of ether oxygens (including phenoxy) is 1. The van der Waals surface area contributed by atoms with Crippen LogP contribution in [0.15, 0.2) is 54.6 Å². The number of anilines is 1. The van der Waals surface area contributed by atoms with Gasteiger partial charge in [0.15, 0.2) is 0 Å². The van der Waals surface area contributed by atoms with Gasteiger partial charge in [0.2, 0.25) is 5.91 Å². The second-order valence-electron chi connectivity index (χ2n) is 6.76. The van der Waals surface area contributed by atoms with Gasteiger partial charge < -0.3 is 15.4 Å². The van der Waals surface area contributed by atoms with E-state index < -0.39 is 0 Å². The van der Waals surface area contributed by atoms with Crippen molar-refractivity contribution < 1.29 is 9.53 Å². The molecule has 24 heavy (non-hydrogen) atoms. The second-order valence-corrected chi connectivity index (χ2v) is 6.76. The average Bonchev–Trinajstić information content (AvgIpc) is 2.55. The molecule has 0 unspecified atom stereocenters. The van der Waals surface area contributed by atoms with Crippen LogP contribution in [-0.4, -0.2) is 24.6 Å². The van der Waals surface area contributed by atoms with Crippen LogP contribution in [0, 0.1) is 0 Å². The van der Waals surface area contributed by atoms with E-state index >= 15 is 0 Å². The number of amides is 1. The zero-order valence-electron chi connectivity index (χ0n) is 14.6. The van der Waals surface area contributed by atoms with Crippen molar-refractivity contribution in [3.8, 4) is 5.75 Å². The van der Waals surface area contributed by atoms with Gasteiger partial charge >= 0.3 is 0 Å². The summed E-state index contributed by atoms with van der Waals surface area (Å²) in [5.41, 5.74) is 1.95. The van der Waals surface area contributed by atoms with Crippen molar-refractivity contribution in [2.24, 2.45) is 0 Å². The highest BCUT2D eigenvalue weighted by atomic mass is 16.5. The molecule has 128 valence electrons. The van der Waals surface area contributed by atoms with E-state index in [1.54, 1.807) is 0 Å². The first kappa shape index (κ1) is 18.0. The second kappa shape index (κ2) is 8.50. The molecule has 2 N–H and O–H groups in total. The predicted molar refractivity (Wildman–Crippen MR) is 98.5 cm³/mol. The molecule has 2 aromatic carbocycles. The Hall–Kier alpha value is -2.33. The minimum Gasteiger partial charge on any atom is -0.493 e. The van der Waals surface area contributed by atoms with Crippen LogP contribution in [-0.2, 0) is 11.2 Å². The normalized spacial score (nSPS) is 11.1. The van der Waals surface area contributed by atoms with Crippen LogP contribution >= 0.6 is 0 Å². The molecule has 0 bridgehead atoms. The molecule has 0 atom stereocenters. The summed E-state index contributed by atoms with van der Waals surface area (Å²) in [6.45, 7) is 7.01. The summed E-state index contributed by atoms with van der Waals surface area (Å²) in [5.74, 6) is 0.749. The average molecular weight is 326 g/mol. The summed E-state index contributed by atoms with van der Waals surface area (Å²) in [6.07, 6.45) is 0.873. The molecule has 0 heterocycles. The fraction of sp³-hybridized carbons (Fsp3) is 0.350. The van der Waals surface area contributed by atoms with Gasteiger partial charge in [0.25, 0.3) is 0 Å². The van der Waals surface area contributed by atoms with Crippen LogP contribution in [0.5, 0.6) is 5.75 Å². The molecule has 1 amide bonds. The lowest BCUT2D eigenvalue weighted by molar-refractivity contribution is -0.115. The van der Waals surface area contributed by atoms with Crippen LogP contribution in [0.25, 0.3) is 0 Å². The van der Waals surface area contributed by atoms with Crippen LogP contribution in [0.4, 0.5) is 5.69 Å². The lowest BCUT2D eigenvalue weighted by Gasteiger charge is -2.20. The van der Waals surface area contributed by atoms with E-state index in [0.717, 1.165) is 17.9 Å². The van der Waals surface area contributed by atoms with Crippen molar-refractivity contribution in [2.45, 2.75) is 32.7 Å². The number of hydrogen-bond donors (Lipinski definition) is 2. The summed E-state index contributed by atoms with van der Waals surface area (Å²) in [5, 5.41) is 6.03. The van der Waals surface area contributed by atoms with Gasteiger partial charge in [0, 0.05) is 17.6 Å². The van der Waals surface area contributed by atoms with Crippen molar-refractivity contribution in [3.05, 3.63) is 60.2 Å². The Labute approximate surface area is 144 Å². The highest BCUT2D eigenvalue weighted by molar-refractivity contribution is 5.92. The van der Waals surface area contributed by atoms with Gasteiger partial charge in [-0.3, -0.25) is 4.79 Å². The van der Waals surface area contributed by atoms with Crippen molar-refractivity contribution >= 4 is 11.6 Å². The number of hydrogen-bond acceptors (Lipinski definition) is 3. The summed E-state index contributed by atoms with van der Waals surface area (Å²) < 4.78 is 5.74. The quantitative estimate of drug-likeness (QED) is 0.817. The summed E-state index contributed by atoms with van der Waals surface area (Å²) >= 11 is 0. The molecule has 0 fully saturated rings. The number of benzene rings is 2. The van der Waals surface area contributed by atoms with E-state index in [0.29, 0.717) is 13.2 Å². The minimum atomic E-state index is -0.0756. The van der Waals surface area contributed by atoms with E-state index in [2.05, 4.69) is 22.8 Å². The Morgan fingerprint density at radius 3 is 2.29 bits per heavy atom. The Bertz CT molecular complexity index is 631. The zero-order chi connectivity index (χ0) is 17.4. The first-order chi connectivity index (χ1) is 11.4. The van der Waals surface area contributed by atoms with E-state index in [9.17, 15) is 4.79 Å². The molecule has 0 saturated heterocycles. The van der Waals surface area contributed by atoms with Gasteiger partial charge in [-0.15, -0.1) is 0 Å². The maximum atomic E-state index is 11.9. The van der Waals surface area contributed by atoms with Crippen LogP contribution in [0.2, 0.25) is 0 Å². The highest BCUT2D eigenvalue weighted by Crippen LogP contribution is 2.16. The molecule has 0 aliphatic rings. The molecule has 0 radical (unpaired) electrons. The Morgan fingerprint density at radius 1 is 1.00 bits per heavy atom. The predicted octanol–water partition coefficient (Wildman–Crippen LogP) is 3.63. The van der Waals surface area contributed by atoms with Crippen LogP contribution < -0.4 is 15.4 Å². The first-order valence-electron chi connectivity index (χ1n) is 8.24.